The summed E-state index contributed by atoms with van der Waals surface area (Å²) in [5.74, 6) is -0.0816. The van der Waals surface area contributed by atoms with Gasteiger partial charge in [-0.2, -0.15) is 12.6 Å². The molecule has 0 aromatic rings. The van der Waals surface area contributed by atoms with Crippen LogP contribution in [0, 0.1) is 5.92 Å². The molecule has 0 fully saturated rings. The fourth-order valence-corrected chi connectivity index (χ4v) is 1.74. The van der Waals surface area contributed by atoms with E-state index in [1.54, 1.807) is 0 Å². The van der Waals surface area contributed by atoms with E-state index in [4.69, 9.17) is 5.11 Å². The lowest BCUT2D eigenvalue weighted by Crippen LogP contribution is -2.30. The second-order valence-corrected chi connectivity index (χ2v) is 5.00. The predicted octanol–water partition coefficient (Wildman–Crippen LogP) is 2.48. The largest absolute Gasteiger partial charge is 0.481 e. The van der Waals surface area contributed by atoms with Crippen LogP contribution in [0.2, 0.25) is 0 Å². The standard InChI is InChI=1S/C13H25NO3S/c1-11(10-18)13(17)14-9-7-5-3-2-4-6-8-12(15)16/h11,18H,2-10H2,1H3,(H,14,17)(H,15,16). The van der Waals surface area contributed by atoms with Gasteiger partial charge in [-0.25, -0.2) is 0 Å². The van der Waals surface area contributed by atoms with Gasteiger partial charge >= 0.3 is 5.97 Å². The third-order valence-corrected chi connectivity index (χ3v) is 3.39. The van der Waals surface area contributed by atoms with Gasteiger partial charge in [0.25, 0.3) is 0 Å². The monoisotopic (exact) mass is 275 g/mol. The highest BCUT2D eigenvalue weighted by Gasteiger charge is 2.08. The van der Waals surface area contributed by atoms with Crippen molar-refractivity contribution < 1.29 is 14.7 Å². The van der Waals surface area contributed by atoms with Crippen LogP contribution >= 0.6 is 12.6 Å². The van der Waals surface area contributed by atoms with Gasteiger partial charge < -0.3 is 10.4 Å². The number of carboxylic acids is 1. The van der Waals surface area contributed by atoms with Crippen LogP contribution < -0.4 is 5.32 Å². The van der Waals surface area contributed by atoms with E-state index >= 15 is 0 Å². The fraction of sp³-hybridized carbons (Fsp3) is 0.846. The number of carbonyl (C=O) groups excluding carboxylic acids is 1. The quantitative estimate of drug-likeness (QED) is 0.401. The average molecular weight is 275 g/mol. The van der Waals surface area contributed by atoms with Crippen LogP contribution in [0.25, 0.3) is 0 Å². The van der Waals surface area contributed by atoms with Crippen molar-refractivity contribution in [2.24, 2.45) is 5.92 Å². The van der Waals surface area contributed by atoms with E-state index < -0.39 is 5.97 Å². The molecule has 0 bridgehead atoms. The highest BCUT2D eigenvalue weighted by molar-refractivity contribution is 7.80. The topological polar surface area (TPSA) is 66.4 Å². The molecule has 0 heterocycles. The Morgan fingerprint density at radius 2 is 1.67 bits per heavy atom. The van der Waals surface area contributed by atoms with Crippen molar-refractivity contribution in [3.8, 4) is 0 Å². The molecule has 0 saturated heterocycles. The smallest absolute Gasteiger partial charge is 0.303 e. The van der Waals surface area contributed by atoms with Crippen LogP contribution in [0.4, 0.5) is 0 Å². The van der Waals surface area contributed by atoms with E-state index in [0.717, 1.165) is 45.1 Å². The second kappa shape index (κ2) is 11.4. The minimum Gasteiger partial charge on any atom is -0.481 e. The Balaban J connectivity index is 3.21. The first kappa shape index (κ1) is 17.3. The summed E-state index contributed by atoms with van der Waals surface area (Å²) in [6, 6.07) is 0. The number of aliphatic carboxylic acids is 1. The minimum atomic E-state index is -0.712. The van der Waals surface area contributed by atoms with E-state index in [1.165, 1.54) is 0 Å². The summed E-state index contributed by atoms with van der Waals surface area (Å²) in [7, 11) is 0. The highest BCUT2D eigenvalue weighted by Crippen LogP contribution is 2.07. The number of carbonyl (C=O) groups is 2. The minimum absolute atomic E-state index is 0.0237. The van der Waals surface area contributed by atoms with Gasteiger partial charge in [0.15, 0.2) is 0 Å². The number of unbranched alkanes of at least 4 members (excludes halogenated alkanes) is 5. The Morgan fingerprint density at radius 1 is 1.11 bits per heavy atom. The molecule has 0 aliphatic rings. The van der Waals surface area contributed by atoms with Crippen molar-refractivity contribution in [2.45, 2.75) is 51.9 Å². The number of nitrogens with one attached hydrogen (secondary N) is 1. The van der Waals surface area contributed by atoms with E-state index in [9.17, 15) is 9.59 Å². The lowest BCUT2D eigenvalue weighted by molar-refractivity contribution is -0.137. The lowest BCUT2D eigenvalue weighted by atomic mass is 10.1. The van der Waals surface area contributed by atoms with Crippen LogP contribution in [-0.2, 0) is 9.59 Å². The first-order valence-corrected chi connectivity index (χ1v) is 7.31. The fourth-order valence-electron chi connectivity index (χ4n) is 1.58. The Kier molecular flexibility index (Phi) is 10.9. The zero-order valence-corrected chi connectivity index (χ0v) is 12.0. The Morgan fingerprint density at radius 3 is 2.22 bits per heavy atom. The molecule has 106 valence electrons. The van der Waals surface area contributed by atoms with Crippen LogP contribution in [0.5, 0.6) is 0 Å². The van der Waals surface area contributed by atoms with E-state index in [-0.39, 0.29) is 18.2 Å². The molecule has 0 aromatic carbocycles. The number of amides is 1. The Labute approximate surface area is 115 Å². The second-order valence-electron chi connectivity index (χ2n) is 4.64. The summed E-state index contributed by atoms with van der Waals surface area (Å²) in [4.78, 5) is 21.7. The summed E-state index contributed by atoms with van der Waals surface area (Å²) in [6.45, 7) is 2.59. The summed E-state index contributed by atoms with van der Waals surface area (Å²) < 4.78 is 0. The molecule has 1 amide bonds. The van der Waals surface area contributed by atoms with E-state index in [1.807, 2.05) is 6.92 Å². The number of thiol groups is 1. The van der Waals surface area contributed by atoms with E-state index in [2.05, 4.69) is 17.9 Å². The summed E-state index contributed by atoms with van der Waals surface area (Å²) in [5, 5.41) is 11.3. The molecule has 0 saturated carbocycles. The molecule has 0 aromatic heterocycles. The first-order chi connectivity index (χ1) is 8.57. The van der Waals surface area contributed by atoms with Crippen molar-refractivity contribution in [1.29, 1.82) is 0 Å². The third kappa shape index (κ3) is 10.4. The molecule has 0 radical (unpaired) electrons. The molecule has 4 nitrogen and oxygen atoms in total. The zero-order valence-electron chi connectivity index (χ0n) is 11.2. The van der Waals surface area contributed by atoms with Crippen molar-refractivity contribution in [1.82, 2.24) is 5.32 Å². The summed E-state index contributed by atoms with van der Waals surface area (Å²) in [6.07, 6.45) is 6.29. The molecule has 0 spiro atoms. The van der Waals surface area contributed by atoms with E-state index in [0.29, 0.717) is 5.75 Å². The van der Waals surface area contributed by atoms with Crippen LogP contribution in [0.3, 0.4) is 0 Å². The SMILES string of the molecule is CC(CS)C(=O)NCCCCCCCCC(=O)O. The molecule has 0 aliphatic heterocycles. The molecule has 1 unspecified atom stereocenters. The Bertz CT molecular complexity index is 246. The van der Waals surface area contributed by atoms with Crippen LogP contribution in [-0.4, -0.2) is 29.3 Å². The maximum absolute atomic E-state index is 11.4. The number of hydrogen-bond donors (Lipinski definition) is 3. The summed E-state index contributed by atoms with van der Waals surface area (Å²) >= 11 is 4.08. The van der Waals surface area contributed by atoms with Gasteiger partial charge in [0.1, 0.15) is 0 Å². The van der Waals surface area contributed by atoms with Gasteiger partial charge in [0, 0.05) is 24.6 Å². The van der Waals surface area contributed by atoms with Crippen molar-refractivity contribution in [2.75, 3.05) is 12.3 Å². The van der Waals surface area contributed by atoms with Crippen molar-refractivity contribution >= 4 is 24.5 Å². The highest BCUT2D eigenvalue weighted by atomic mass is 32.1. The molecular weight excluding hydrogens is 250 g/mol. The number of hydrogen-bond acceptors (Lipinski definition) is 3. The van der Waals surface area contributed by atoms with Gasteiger partial charge in [-0.15, -0.1) is 0 Å². The van der Waals surface area contributed by atoms with Crippen LogP contribution in [0.1, 0.15) is 51.9 Å². The lowest BCUT2D eigenvalue weighted by Gasteiger charge is -2.09. The van der Waals surface area contributed by atoms with Gasteiger partial charge in [-0.1, -0.05) is 32.6 Å². The molecule has 5 heteroatoms. The van der Waals surface area contributed by atoms with Crippen LogP contribution in [0.15, 0.2) is 0 Å². The molecule has 0 rings (SSSR count). The zero-order chi connectivity index (χ0) is 13.8. The van der Waals surface area contributed by atoms with Gasteiger partial charge in [0.05, 0.1) is 0 Å². The maximum Gasteiger partial charge on any atom is 0.303 e. The summed E-state index contributed by atoms with van der Waals surface area (Å²) in [5.41, 5.74) is 0. The van der Waals surface area contributed by atoms with Gasteiger partial charge in [-0.3, -0.25) is 9.59 Å². The van der Waals surface area contributed by atoms with Gasteiger partial charge in [0.2, 0.25) is 5.91 Å². The molecular formula is C13H25NO3S. The molecule has 2 N–H and O–H groups in total. The number of rotatable bonds is 11. The predicted molar refractivity (Wildman–Crippen MR) is 76.0 cm³/mol. The molecule has 0 aliphatic carbocycles. The average Bonchev–Trinajstić information content (AvgIpc) is 2.35. The normalized spacial score (nSPS) is 12.1. The Hall–Kier alpha value is -0.710. The maximum atomic E-state index is 11.4. The molecule has 18 heavy (non-hydrogen) atoms. The first-order valence-electron chi connectivity index (χ1n) is 6.68. The third-order valence-electron chi connectivity index (χ3n) is 2.84. The van der Waals surface area contributed by atoms with Crippen molar-refractivity contribution in [3.63, 3.8) is 0 Å². The van der Waals surface area contributed by atoms with Gasteiger partial charge in [-0.05, 0) is 12.8 Å². The number of carboxylic acid groups (broad SMARTS) is 1. The van der Waals surface area contributed by atoms with Crippen molar-refractivity contribution in [3.05, 3.63) is 0 Å². The molecule has 1 atom stereocenters.